The molecule has 0 saturated carbocycles. The molecule has 21 heavy (non-hydrogen) atoms. The zero-order valence-electron chi connectivity index (χ0n) is 12.1. The minimum Gasteiger partial charge on any atom is -0.371 e. The van der Waals surface area contributed by atoms with Crippen molar-refractivity contribution in [2.75, 3.05) is 23.3 Å². The Kier molecular flexibility index (Phi) is 4.87. The van der Waals surface area contributed by atoms with Crippen LogP contribution in [0.1, 0.15) is 24.3 Å². The number of nitrogens with zero attached hydrogens (tertiary/aromatic N) is 2. The smallest absolute Gasteiger partial charge is 0.274 e. The molecule has 110 valence electrons. The third kappa shape index (κ3) is 3.56. The van der Waals surface area contributed by atoms with Crippen LogP contribution >= 0.6 is 0 Å². The Labute approximate surface area is 123 Å². The van der Waals surface area contributed by atoms with E-state index in [1.165, 1.54) is 12.1 Å². The van der Waals surface area contributed by atoms with Crippen molar-refractivity contribution in [3.05, 3.63) is 54.1 Å². The second kappa shape index (κ2) is 6.83. The monoisotopic (exact) mass is 287 g/mol. The number of halogens is 1. The molecule has 1 heterocycles. The number of carbonyl (C=O) groups excluding carboxylic acids is 1. The van der Waals surface area contributed by atoms with Crippen LogP contribution in [0, 0.1) is 5.82 Å². The molecular weight excluding hydrogens is 269 g/mol. The predicted octanol–water partition coefficient (Wildman–Crippen LogP) is 3.32. The molecule has 2 aromatic rings. The average Bonchev–Trinajstić information content (AvgIpc) is 2.51. The Hall–Kier alpha value is -2.43. The lowest BCUT2D eigenvalue weighted by Gasteiger charge is -2.20. The lowest BCUT2D eigenvalue weighted by atomic mass is 10.2. The lowest BCUT2D eigenvalue weighted by molar-refractivity contribution is 0.102. The maximum absolute atomic E-state index is 13.5. The third-order valence-electron chi connectivity index (χ3n) is 3.23. The largest absolute Gasteiger partial charge is 0.371 e. The SMILES string of the molecule is CCN(CC)c1ccc(C(=O)Nc2ccccc2F)nc1. The number of anilines is 2. The van der Waals surface area contributed by atoms with Crippen molar-refractivity contribution >= 4 is 17.3 Å². The number of para-hydroxylation sites is 1. The quantitative estimate of drug-likeness (QED) is 0.917. The van der Waals surface area contributed by atoms with Crippen molar-refractivity contribution in [3.63, 3.8) is 0 Å². The summed E-state index contributed by atoms with van der Waals surface area (Å²) >= 11 is 0. The fourth-order valence-electron chi connectivity index (χ4n) is 2.05. The van der Waals surface area contributed by atoms with Gasteiger partial charge in [-0.25, -0.2) is 9.37 Å². The summed E-state index contributed by atoms with van der Waals surface area (Å²) in [6.45, 7) is 5.86. The van der Waals surface area contributed by atoms with E-state index in [9.17, 15) is 9.18 Å². The molecule has 0 atom stereocenters. The van der Waals surface area contributed by atoms with Gasteiger partial charge in [-0.1, -0.05) is 12.1 Å². The van der Waals surface area contributed by atoms with Gasteiger partial charge in [-0.15, -0.1) is 0 Å². The van der Waals surface area contributed by atoms with Crippen LogP contribution in [0.5, 0.6) is 0 Å². The standard InChI is InChI=1S/C16H18FN3O/c1-3-20(4-2)12-9-10-15(18-11-12)16(21)19-14-8-6-5-7-13(14)17/h5-11H,3-4H2,1-2H3,(H,19,21). The number of nitrogens with one attached hydrogen (secondary N) is 1. The summed E-state index contributed by atoms with van der Waals surface area (Å²) in [5.41, 5.74) is 1.37. The van der Waals surface area contributed by atoms with Crippen molar-refractivity contribution in [2.24, 2.45) is 0 Å². The number of benzene rings is 1. The molecular formula is C16H18FN3O. The van der Waals surface area contributed by atoms with Gasteiger partial charge in [-0.2, -0.15) is 0 Å². The van der Waals surface area contributed by atoms with Crippen LogP contribution in [0.3, 0.4) is 0 Å². The second-order valence-corrected chi connectivity index (χ2v) is 4.51. The van der Waals surface area contributed by atoms with Crippen LogP contribution in [0.15, 0.2) is 42.6 Å². The molecule has 1 amide bonds. The second-order valence-electron chi connectivity index (χ2n) is 4.51. The van der Waals surface area contributed by atoms with Gasteiger partial charge < -0.3 is 10.2 Å². The van der Waals surface area contributed by atoms with Gasteiger partial charge in [0.15, 0.2) is 0 Å². The van der Waals surface area contributed by atoms with Gasteiger partial charge in [0, 0.05) is 13.1 Å². The van der Waals surface area contributed by atoms with Crippen LogP contribution in [0.4, 0.5) is 15.8 Å². The summed E-state index contributed by atoms with van der Waals surface area (Å²) in [6.07, 6.45) is 1.66. The molecule has 1 aromatic heterocycles. The molecule has 0 spiro atoms. The minimum absolute atomic E-state index is 0.150. The van der Waals surface area contributed by atoms with E-state index < -0.39 is 11.7 Å². The normalized spacial score (nSPS) is 10.2. The highest BCUT2D eigenvalue weighted by Gasteiger charge is 2.11. The zero-order chi connectivity index (χ0) is 15.2. The van der Waals surface area contributed by atoms with Gasteiger partial charge in [-0.05, 0) is 38.1 Å². The summed E-state index contributed by atoms with van der Waals surface area (Å²) in [6, 6.07) is 9.53. The van der Waals surface area contributed by atoms with Crippen LogP contribution < -0.4 is 10.2 Å². The molecule has 0 fully saturated rings. The molecule has 0 saturated heterocycles. The highest BCUT2D eigenvalue weighted by atomic mass is 19.1. The van der Waals surface area contributed by atoms with Crippen LogP contribution in [-0.2, 0) is 0 Å². The molecule has 2 rings (SSSR count). The van der Waals surface area contributed by atoms with Crippen molar-refractivity contribution in [2.45, 2.75) is 13.8 Å². The highest BCUT2D eigenvalue weighted by molar-refractivity contribution is 6.03. The Morgan fingerprint density at radius 3 is 2.48 bits per heavy atom. The Balaban J connectivity index is 2.12. The number of pyridine rings is 1. The topological polar surface area (TPSA) is 45.2 Å². The molecule has 0 unspecified atom stereocenters. The summed E-state index contributed by atoms with van der Waals surface area (Å²) < 4.78 is 13.5. The molecule has 0 aliphatic carbocycles. The Morgan fingerprint density at radius 1 is 1.19 bits per heavy atom. The fourth-order valence-corrected chi connectivity index (χ4v) is 2.05. The van der Waals surface area contributed by atoms with Gasteiger partial charge in [0.05, 0.1) is 17.6 Å². The lowest BCUT2D eigenvalue weighted by Crippen LogP contribution is -2.22. The summed E-state index contributed by atoms with van der Waals surface area (Å²) in [5, 5.41) is 2.51. The number of carbonyl (C=O) groups is 1. The van der Waals surface area contributed by atoms with Gasteiger partial charge in [-0.3, -0.25) is 4.79 Å². The molecule has 0 bridgehead atoms. The number of aromatic nitrogens is 1. The third-order valence-corrected chi connectivity index (χ3v) is 3.23. The minimum atomic E-state index is -0.467. The van der Waals surface area contributed by atoms with Crippen molar-refractivity contribution < 1.29 is 9.18 Å². The van der Waals surface area contributed by atoms with E-state index in [0.717, 1.165) is 18.8 Å². The van der Waals surface area contributed by atoms with Crippen molar-refractivity contribution in [1.82, 2.24) is 4.98 Å². The van der Waals surface area contributed by atoms with E-state index in [-0.39, 0.29) is 11.4 Å². The molecule has 5 heteroatoms. The van der Waals surface area contributed by atoms with Crippen LogP contribution in [0.25, 0.3) is 0 Å². The van der Waals surface area contributed by atoms with Gasteiger partial charge in [0.1, 0.15) is 11.5 Å². The maximum Gasteiger partial charge on any atom is 0.274 e. The fraction of sp³-hybridized carbons (Fsp3) is 0.250. The molecule has 4 nitrogen and oxygen atoms in total. The number of hydrogen-bond acceptors (Lipinski definition) is 3. The van der Waals surface area contributed by atoms with E-state index in [4.69, 9.17) is 0 Å². The van der Waals surface area contributed by atoms with Gasteiger partial charge in [0.25, 0.3) is 5.91 Å². The van der Waals surface area contributed by atoms with E-state index in [1.807, 2.05) is 6.07 Å². The van der Waals surface area contributed by atoms with Crippen molar-refractivity contribution in [1.29, 1.82) is 0 Å². The van der Waals surface area contributed by atoms with Gasteiger partial charge >= 0.3 is 0 Å². The van der Waals surface area contributed by atoms with E-state index >= 15 is 0 Å². The first-order chi connectivity index (χ1) is 10.2. The average molecular weight is 287 g/mol. The molecule has 0 radical (unpaired) electrons. The maximum atomic E-state index is 13.5. The summed E-state index contributed by atoms with van der Waals surface area (Å²) in [4.78, 5) is 18.3. The first-order valence-electron chi connectivity index (χ1n) is 6.92. The molecule has 1 N–H and O–H groups in total. The first kappa shape index (κ1) is 15.0. The van der Waals surface area contributed by atoms with E-state index in [1.54, 1.807) is 24.4 Å². The Morgan fingerprint density at radius 2 is 1.90 bits per heavy atom. The van der Waals surface area contributed by atoms with Crippen LogP contribution in [0.2, 0.25) is 0 Å². The summed E-state index contributed by atoms with van der Waals surface area (Å²) in [5.74, 6) is -0.892. The molecule has 0 aliphatic rings. The first-order valence-corrected chi connectivity index (χ1v) is 6.92. The van der Waals surface area contributed by atoms with Gasteiger partial charge in [0.2, 0.25) is 0 Å². The molecule has 1 aromatic carbocycles. The number of hydrogen-bond donors (Lipinski definition) is 1. The zero-order valence-corrected chi connectivity index (χ0v) is 12.1. The molecule has 0 aliphatic heterocycles. The van der Waals surface area contributed by atoms with E-state index in [2.05, 4.69) is 29.0 Å². The van der Waals surface area contributed by atoms with E-state index in [0.29, 0.717) is 0 Å². The Bertz CT molecular complexity index is 609. The van der Waals surface area contributed by atoms with Crippen LogP contribution in [-0.4, -0.2) is 24.0 Å². The summed E-state index contributed by atoms with van der Waals surface area (Å²) in [7, 11) is 0. The number of amides is 1. The number of rotatable bonds is 5. The highest BCUT2D eigenvalue weighted by Crippen LogP contribution is 2.15. The predicted molar refractivity (Wildman–Crippen MR) is 82.2 cm³/mol. The van der Waals surface area contributed by atoms with Crippen molar-refractivity contribution in [3.8, 4) is 0 Å².